The van der Waals surface area contributed by atoms with Gasteiger partial charge in [-0.15, -0.1) is 0 Å². The predicted octanol–water partition coefficient (Wildman–Crippen LogP) is 1.94. The van der Waals surface area contributed by atoms with Crippen molar-refractivity contribution in [2.45, 2.75) is 71.1 Å². The van der Waals surface area contributed by atoms with Gasteiger partial charge < -0.3 is 20.1 Å². The van der Waals surface area contributed by atoms with Crippen molar-refractivity contribution in [3.8, 4) is 0 Å². The van der Waals surface area contributed by atoms with Crippen molar-refractivity contribution in [2.24, 2.45) is 0 Å². The fourth-order valence-electron chi connectivity index (χ4n) is 2.03. The number of hydrogen-bond donors (Lipinski definition) is 3. The Morgan fingerprint density at radius 3 is 1.62 bits per heavy atom. The molecule has 0 aliphatic rings. The maximum atomic E-state index is 10.1. The molecule has 0 rings (SSSR count). The standard InChI is InChI=1S/C12H26O4S.C4H11NO2/c1-2-3-4-5-6-7-8-9-10-11-12-16-17(13,14)15;6-3-1-5-2-4-7/h2-12H2,1H3,(H,13,14,15);5-7H,1-4H2/p-1. The lowest BCUT2D eigenvalue weighted by Gasteiger charge is -2.06. The Hall–Kier alpha value is -0.250. The van der Waals surface area contributed by atoms with E-state index in [1.54, 1.807) is 0 Å². The van der Waals surface area contributed by atoms with Gasteiger partial charge in [-0.1, -0.05) is 64.7 Å². The fourth-order valence-corrected chi connectivity index (χ4v) is 2.36. The van der Waals surface area contributed by atoms with Gasteiger partial charge in [-0.2, -0.15) is 0 Å². The Morgan fingerprint density at radius 2 is 1.25 bits per heavy atom. The van der Waals surface area contributed by atoms with E-state index in [4.69, 9.17) is 10.2 Å². The Morgan fingerprint density at radius 1 is 0.833 bits per heavy atom. The van der Waals surface area contributed by atoms with Crippen molar-refractivity contribution in [3.05, 3.63) is 0 Å². The van der Waals surface area contributed by atoms with Gasteiger partial charge in [0.15, 0.2) is 0 Å². The lowest BCUT2D eigenvalue weighted by atomic mass is 10.1. The maximum Gasteiger partial charge on any atom is 0.217 e. The molecule has 8 heteroatoms. The Labute approximate surface area is 147 Å². The number of aliphatic hydroxyl groups excluding tert-OH is 2. The molecule has 0 heterocycles. The molecule has 0 amide bonds. The summed E-state index contributed by atoms with van der Waals surface area (Å²) < 4.78 is 34.5. The second-order valence-electron chi connectivity index (χ2n) is 5.61. The van der Waals surface area contributed by atoms with Crippen LogP contribution < -0.4 is 5.32 Å². The van der Waals surface area contributed by atoms with Gasteiger partial charge in [0.25, 0.3) is 0 Å². The monoisotopic (exact) mass is 370 g/mol. The third-order valence-corrected chi connectivity index (χ3v) is 3.76. The molecule has 0 radical (unpaired) electrons. The van der Waals surface area contributed by atoms with E-state index in [0.29, 0.717) is 19.5 Å². The molecule has 0 aliphatic carbocycles. The summed E-state index contributed by atoms with van der Waals surface area (Å²) in [4.78, 5) is 0. The van der Waals surface area contributed by atoms with E-state index >= 15 is 0 Å². The molecular formula is C16H36NO6S-. The molecule has 0 unspecified atom stereocenters. The van der Waals surface area contributed by atoms with E-state index in [1.165, 1.54) is 44.9 Å². The van der Waals surface area contributed by atoms with Crippen molar-refractivity contribution in [1.29, 1.82) is 0 Å². The third-order valence-electron chi connectivity index (χ3n) is 3.30. The summed E-state index contributed by atoms with van der Waals surface area (Å²) in [5.74, 6) is 0. The molecule has 24 heavy (non-hydrogen) atoms. The zero-order valence-corrected chi connectivity index (χ0v) is 15.9. The van der Waals surface area contributed by atoms with E-state index < -0.39 is 10.4 Å². The second-order valence-corrected chi connectivity index (χ2v) is 6.66. The number of unbranched alkanes of at least 4 members (excludes halogenated alkanes) is 9. The number of nitrogens with one attached hydrogen (secondary N) is 1. The van der Waals surface area contributed by atoms with Crippen LogP contribution in [0.2, 0.25) is 0 Å². The van der Waals surface area contributed by atoms with Crippen LogP contribution in [0.5, 0.6) is 0 Å². The minimum Gasteiger partial charge on any atom is -0.726 e. The molecule has 3 N–H and O–H groups in total. The van der Waals surface area contributed by atoms with Crippen LogP contribution in [-0.4, -0.2) is 56.1 Å². The quantitative estimate of drug-likeness (QED) is 0.216. The highest BCUT2D eigenvalue weighted by molar-refractivity contribution is 7.80. The van der Waals surface area contributed by atoms with Gasteiger partial charge in [-0.25, -0.2) is 8.42 Å². The first kappa shape index (κ1) is 26.0. The Balaban J connectivity index is 0. The van der Waals surface area contributed by atoms with E-state index in [2.05, 4.69) is 16.4 Å². The summed E-state index contributed by atoms with van der Waals surface area (Å²) in [6, 6.07) is 0. The van der Waals surface area contributed by atoms with Gasteiger partial charge in [0.2, 0.25) is 10.4 Å². The molecule has 0 aliphatic heterocycles. The minimum absolute atomic E-state index is 0.0301. The van der Waals surface area contributed by atoms with E-state index in [1.807, 2.05) is 0 Å². The predicted molar refractivity (Wildman–Crippen MR) is 94.5 cm³/mol. The fraction of sp³-hybridized carbons (Fsp3) is 1.00. The summed E-state index contributed by atoms with van der Waals surface area (Å²) >= 11 is 0. The minimum atomic E-state index is -4.48. The second kappa shape index (κ2) is 20.8. The van der Waals surface area contributed by atoms with Gasteiger partial charge in [-0.05, 0) is 6.42 Å². The van der Waals surface area contributed by atoms with Crippen LogP contribution in [0.1, 0.15) is 71.1 Å². The van der Waals surface area contributed by atoms with Gasteiger partial charge in [0, 0.05) is 13.1 Å². The molecule has 0 saturated carbocycles. The van der Waals surface area contributed by atoms with Crippen molar-refractivity contribution in [2.75, 3.05) is 32.9 Å². The van der Waals surface area contributed by atoms with E-state index in [9.17, 15) is 13.0 Å². The van der Waals surface area contributed by atoms with Crippen LogP contribution in [0.3, 0.4) is 0 Å². The molecule has 0 atom stereocenters. The zero-order chi connectivity index (χ0) is 18.5. The topological polar surface area (TPSA) is 119 Å². The molecule has 7 nitrogen and oxygen atoms in total. The molecule has 0 spiro atoms. The average molecular weight is 371 g/mol. The molecule has 0 bridgehead atoms. The first-order valence-electron chi connectivity index (χ1n) is 9.00. The maximum absolute atomic E-state index is 10.1. The number of rotatable bonds is 16. The molecular weight excluding hydrogens is 334 g/mol. The molecule has 0 saturated heterocycles. The van der Waals surface area contributed by atoms with Crippen molar-refractivity contribution < 1.29 is 27.4 Å². The van der Waals surface area contributed by atoms with E-state index in [0.717, 1.165) is 12.8 Å². The first-order chi connectivity index (χ1) is 11.5. The molecule has 0 aromatic rings. The van der Waals surface area contributed by atoms with Crippen molar-refractivity contribution in [1.82, 2.24) is 5.32 Å². The van der Waals surface area contributed by atoms with Crippen LogP contribution >= 0.6 is 0 Å². The third kappa shape index (κ3) is 29.7. The van der Waals surface area contributed by atoms with Gasteiger partial charge >= 0.3 is 0 Å². The largest absolute Gasteiger partial charge is 0.726 e. The Bertz CT molecular complexity index is 321. The van der Waals surface area contributed by atoms with Gasteiger partial charge in [0.1, 0.15) is 0 Å². The summed E-state index contributed by atoms with van der Waals surface area (Å²) in [7, 11) is -4.48. The van der Waals surface area contributed by atoms with Crippen LogP contribution in [0.25, 0.3) is 0 Å². The first-order valence-corrected chi connectivity index (χ1v) is 10.3. The summed E-state index contributed by atoms with van der Waals surface area (Å²) in [6.45, 7) is 3.66. The number of aliphatic hydroxyl groups is 2. The van der Waals surface area contributed by atoms with E-state index in [-0.39, 0.29) is 19.8 Å². The van der Waals surface area contributed by atoms with Crippen LogP contribution in [-0.2, 0) is 14.6 Å². The zero-order valence-electron chi connectivity index (χ0n) is 15.0. The number of hydrogen-bond acceptors (Lipinski definition) is 7. The normalized spacial score (nSPS) is 11.2. The highest BCUT2D eigenvalue weighted by Crippen LogP contribution is 2.10. The SMILES string of the molecule is CCCCCCCCCCCCOS(=O)(=O)[O-].OCCNCCO. The highest BCUT2D eigenvalue weighted by Gasteiger charge is 1.95. The molecule has 148 valence electrons. The van der Waals surface area contributed by atoms with Gasteiger partial charge in [-0.3, -0.25) is 4.18 Å². The molecule has 0 aromatic carbocycles. The lowest BCUT2D eigenvalue weighted by molar-refractivity contribution is 0.255. The van der Waals surface area contributed by atoms with Crippen LogP contribution in [0, 0.1) is 0 Å². The van der Waals surface area contributed by atoms with Crippen molar-refractivity contribution >= 4 is 10.4 Å². The Kier molecular flexibility index (Phi) is 22.5. The average Bonchev–Trinajstić information content (AvgIpc) is 2.53. The van der Waals surface area contributed by atoms with Crippen molar-refractivity contribution in [3.63, 3.8) is 0 Å². The summed E-state index contributed by atoms with van der Waals surface area (Å²) in [5, 5.41) is 19.1. The van der Waals surface area contributed by atoms with Gasteiger partial charge in [0.05, 0.1) is 19.8 Å². The summed E-state index contributed by atoms with van der Waals surface area (Å²) in [6.07, 6.45) is 11.7. The molecule has 0 fully saturated rings. The smallest absolute Gasteiger partial charge is 0.217 e. The summed E-state index contributed by atoms with van der Waals surface area (Å²) in [5.41, 5.74) is 0. The lowest BCUT2D eigenvalue weighted by Crippen LogP contribution is -2.21. The van der Waals surface area contributed by atoms with Crippen LogP contribution in [0.15, 0.2) is 0 Å². The highest BCUT2D eigenvalue weighted by atomic mass is 32.3. The van der Waals surface area contributed by atoms with Crippen LogP contribution in [0.4, 0.5) is 0 Å². The molecule has 0 aromatic heterocycles.